The summed E-state index contributed by atoms with van der Waals surface area (Å²) in [5, 5.41) is 5.30. The SMILES string of the molecule is CCC(NC(=O)CNC(=O)CN)c1ccccc1OC. The smallest absolute Gasteiger partial charge is 0.239 e. The fourth-order valence-corrected chi connectivity index (χ4v) is 1.85. The van der Waals surface area contributed by atoms with Gasteiger partial charge >= 0.3 is 0 Å². The highest BCUT2D eigenvalue weighted by molar-refractivity contribution is 5.85. The highest BCUT2D eigenvalue weighted by Crippen LogP contribution is 2.26. The van der Waals surface area contributed by atoms with Crippen LogP contribution in [0.1, 0.15) is 24.9 Å². The average Bonchev–Trinajstić information content (AvgIpc) is 2.50. The molecule has 2 amide bonds. The van der Waals surface area contributed by atoms with Gasteiger partial charge in [-0.25, -0.2) is 0 Å². The summed E-state index contributed by atoms with van der Waals surface area (Å²) in [5.41, 5.74) is 6.07. The summed E-state index contributed by atoms with van der Waals surface area (Å²) in [5.74, 6) is 0.112. The second kappa shape index (κ2) is 8.16. The van der Waals surface area contributed by atoms with E-state index in [9.17, 15) is 9.59 Å². The first-order chi connectivity index (χ1) is 9.62. The summed E-state index contributed by atoms with van der Waals surface area (Å²) >= 11 is 0. The number of nitrogens with one attached hydrogen (secondary N) is 2. The zero-order chi connectivity index (χ0) is 15.0. The molecular formula is C14H21N3O3. The second-order valence-electron chi connectivity index (χ2n) is 4.25. The minimum absolute atomic E-state index is 0.0817. The van der Waals surface area contributed by atoms with Gasteiger partial charge in [-0.1, -0.05) is 25.1 Å². The van der Waals surface area contributed by atoms with Gasteiger partial charge in [-0.05, 0) is 12.5 Å². The lowest BCUT2D eigenvalue weighted by Gasteiger charge is -2.20. The maximum absolute atomic E-state index is 11.8. The number of carbonyl (C=O) groups excluding carboxylic acids is 2. The van der Waals surface area contributed by atoms with Crippen LogP contribution in [0.3, 0.4) is 0 Å². The number of carbonyl (C=O) groups is 2. The predicted octanol–water partition coefficient (Wildman–Crippen LogP) is 0.337. The number of hydrogen-bond acceptors (Lipinski definition) is 4. The Labute approximate surface area is 118 Å². The standard InChI is InChI=1S/C14H21N3O3/c1-3-11(10-6-4-5-7-12(10)20-2)17-14(19)9-16-13(18)8-15/h4-7,11H,3,8-9,15H2,1-2H3,(H,16,18)(H,17,19). The number of rotatable bonds is 7. The highest BCUT2D eigenvalue weighted by Gasteiger charge is 2.16. The van der Waals surface area contributed by atoms with Crippen LogP contribution in [-0.4, -0.2) is 32.0 Å². The van der Waals surface area contributed by atoms with Crippen molar-refractivity contribution in [2.24, 2.45) is 5.73 Å². The molecule has 110 valence electrons. The van der Waals surface area contributed by atoms with Crippen LogP contribution in [0, 0.1) is 0 Å². The van der Waals surface area contributed by atoms with Crippen molar-refractivity contribution in [2.75, 3.05) is 20.2 Å². The van der Waals surface area contributed by atoms with Crippen molar-refractivity contribution < 1.29 is 14.3 Å². The minimum Gasteiger partial charge on any atom is -0.496 e. The van der Waals surface area contributed by atoms with Gasteiger partial charge in [0.15, 0.2) is 0 Å². The van der Waals surface area contributed by atoms with Crippen molar-refractivity contribution in [3.05, 3.63) is 29.8 Å². The van der Waals surface area contributed by atoms with Crippen molar-refractivity contribution in [1.82, 2.24) is 10.6 Å². The Hall–Kier alpha value is -2.08. The molecule has 6 heteroatoms. The Morgan fingerprint density at radius 1 is 1.30 bits per heavy atom. The summed E-state index contributed by atoms with van der Waals surface area (Å²) in [6, 6.07) is 7.36. The molecule has 0 aliphatic carbocycles. The number of hydrogen-bond donors (Lipinski definition) is 3. The molecule has 1 rings (SSSR count). The Balaban J connectivity index is 2.67. The van der Waals surface area contributed by atoms with Crippen LogP contribution < -0.4 is 21.1 Å². The van der Waals surface area contributed by atoms with Crippen LogP contribution in [0.2, 0.25) is 0 Å². The number of benzene rings is 1. The third-order valence-corrected chi connectivity index (χ3v) is 2.89. The molecule has 1 aromatic rings. The molecule has 0 fully saturated rings. The summed E-state index contributed by atoms with van der Waals surface area (Å²) in [6.07, 6.45) is 0.719. The number of ether oxygens (including phenoxy) is 1. The highest BCUT2D eigenvalue weighted by atomic mass is 16.5. The summed E-state index contributed by atoms with van der Waals surface area (Å²) in [4.78, 5) is 22.8. The summed E-state index contributed by atoms with van der Waals surface area (Å²) in [7, 11) is 1.59. The van der Waals surface area contributed by atoms with E-state index in [1.165, 1.54) is 0 Å². The van der Waals surface area contributed by atoms with Gasteiger partial charge in [0, 0.05) is 5.56 Å². The third-order valence-electron chi connectivity index (χ3n) is 2.89. The molecule has 0 bridgehead atoms. The van der Waals surface area contributed by atoms with Gasteiger partial charge in [-0.15, -0.1) is 0 Å². The fourth-order valence-electron chi connectivity index (χ4n) is 1.85. The average molecular weight is 279 g/mol. The van der Waals surface area contributed by atoms with E-state index in [1.54, 1.807) is 7.11 Å². The van der Waals surface area contributed by atoms with Gasteiger partial charge in [0.1, 0.15) is 5.75 Å². The molecule has 1 aromatic carbocycles. The molecule has 6 nitrogen and oxygen atoms in total. The van der Waals surface area contributed by atoms with Crippen molar-refractivity contribution in [3.8, 4) is 5.75 Å². The second-order valence-corrected chi connectivity index (χ2v) is 4.25. The van der Waals surface area contributed by atoms with Gasteiger partial charge in [-0.3, -0.25) is 9.59 Å². The topological polar surface area (TPSA) is 93.5 Å². The lowest BCUT2D eigenvalue weighted by Crippen LogP contribution is -2.40. The molecule has 0 radical (unpaired) electrons. The normalized spacial score (nSPS) is 11.6. The predicted molar refractivity (Wildman–Crippen MR) is 76.2 cm³/mol. The Morgan fingerprint density at radius 2 is 2.00 bits per heavy atom. The quantitative estimate of drug-likeness (QED) is 0.671. The minimum atomic E-state index is -0.356. The largest absolute Gasteiger partial charge is 0.496 e. The van der Waals surface area contributed by atoms with Crippen molar-refractivity contribution >= 4 is 11.8 Å². The summed E-state index contributed by atoms with van der Waals surface area (Å²) < 4.78 is 5.29. The van der Waals surface area contributed by atoms with E-state index in [4.69, 9.17) is 10.5 Å². The monoisotopic (exact) mass is 279 g/mol. The van der Waals surface area contributed by atoms with E-state index >= 15 is 0 Å². The van der Waals surface area contributed by atoms with Crippen LogP contribution in [0.15, 0.2) is 24.3 Å². The van der Waals surface area contributed by atoms with Gasteiger partial charge in [0.25, 0.3) is 0 Å². The zero-order valence-corrected chi connectivity index (χ0v) is 11.8. The lowest BCUT2D eigenvalue weighted by atomic mass is 10.0. The molecule has 0 saturated carbocycles. The molecule has 1 atom stereocenters. The molecule has 0 spiro atoms. The molecule has 0 aliphatic rings. The molecule has 0 saturated heterocycles. The molecule has 0 heterocycles. The van der Waals surface area contributed by atoms with Crippen LogP contribution in [0.5, 0.6) is 5.75 Å². The van der Waals surface area contributed by atoms with Gasteiger partial charge in [0.2, 0.25) is 11.8 Å². The van der Waals surface area contributed by atoms with E-state index in [1.807, 2.05) is 31.2 Å². The Bertz CT molecular complexity index is 463. The first kappa shape index (κ1) is 16.0. The van der Waals surface area contributed by atoms with Crippen molar-refractivity contribution in [1.29, 1.82) is 0 Å². The van der Waals surface area contributed by atoms with Crippen LogP contribution in [-0.2, 0) is 9.59 Å². The lowest BCUT2D eigenvalue weighted by molar-refractivity contribution is -0.125. The molecule has 1 unspecified atom stereocenters. The number of methoxy groups -OCH3 is 1. The van der Waals surface area contributed by atoms with Crippen LogP contribution in [0.25, 0.3) is 0 Å². The number of amides is 2. The van der Waals surface area contributed by atoms with Crippen LogP contribution >= 0.6 is 0 Å². The molecule has 0 aliphatic heterocycles. The molecule has 0 aromatic heterocycles. The van der Waals surface area contributed by atoms with E-state index in [-0.39, 0.29) is 30.9 Å². The van der Waals surface area contributed by atoms with E-state index < -0.39 is 0 Å². The van der Waals surface area contributed by atoms with E-state index in [0.29, 0.717) is 0 Å². The first-order valence-corrected chi connectivity index (χ1v) is 6.51. The Morgan fingerprint density at radius 3 is 2.60 bits per heavy atom. The number of para-hydroxylation sites is 1. The maximum atomic E-state index is 11.8. The van der Waals surface area contributed by atoms with Gasteiger partial charge in [-0.2, -0.15) is 0 Å². The summed E-state index contributed by atoms with van der Waals surface area (Å²) in [6.45, 7) is 1.76. The van der Waals surface area contributed by atoms with E-state index in [2.05, 4.69) is 10.6 Å². The fraction of sp³-hybridized carbons (Fsp3) is 0.429. The zero-order valence-electron chi connectivity index (χ0n) is 11.8. The first-order valence-electron chi connectivity index (χ1n) is 6.51. The molecular weight excluding hydrogens is 258 g/mol. The molecule has 4 N–H and O–H groups in total. The van der Waals surface area contributed by atoms with Gasteiger partial charge < -0.3 is 21.1 Å². The molecule has 20 heavy (non-hydrogen) atoms. The number of nitrogens with two attached hydrogens (primary N) is 1. The van der Waals surface area contributed by atoms with Gasteiger partial charge in [0.05, 0.1) is 26.2 Å². The Kier molecular flexibility index (Phi) is 6.52. The van der Waals surface area contributed by atoms with E-state index in [0.717, 1.165) is 17.7 Å². The van der Waals surface area contributed by atoms with Crippen LogP contribution in [0.4, 0.5) is 0 Å². The third kappa shape index (κ3) is 4.55. The van der Waals surface area contributed by atoms with Crippen molar-refractivity contribution in [2.45, 2.75) is 19.4 Å². The van der Waals surface area contributed by atoms with Crippen molar-refractivity contribution in [3.63, 3.8) is 0 Å². The maximum Gasteiger partial charge on any atom is 0.239 e.